The van der Waals surface area contributed by atoms with Gasteiger partial charge in [0.25, 0.3) is 5.69 Å². The maximum absolute atomic E-state index is 11.3. The summed E-state index contributed by atoms with van der Waals surface area (Å²) in [6.07, 6.45) is 5.78. The van der Waals surface area contributed by atoms with Crippen molar-refractivity contribution in [3.8, 4) is 5.69 Å². The van der Waals surface area contributed by atoms with Crippen LogP contribution in [-0.4, -0.2) is 20.4 Å². The first kappa shape index (κ1) is 16.4. The van der Waals surface area contributed by atoms with Gasteiger partial charge in [0.05, 0.1) is 11.3 Å². The zero-order chi connectivity index (χ0) is 17.8. The number of nitrogens with one attached hydrogen (secondary N) is 1. The van der Waals surface area contributed by atoms with Crippen molar-refractivity contribution in [1.82, 2.24) is 9.55 Å². The lowest BCUT2D eigenvalue weighted by molar-refractivity contribution is -0.384. The van der Waals surface area contributed by atoms with Crippen LogP contribution in [0.3, 0.4) is 0 Å². The number of rotatable bonds is 5. The Hall–Kier alpha value is -3.48. The fraction of sp³-hybridized carbons (Fsp3) is 0.111. The quantitative estimate of drug-likeness (QED) is 0.571. The number of anilines is 1. The summed E-state index contributed by atoms with van der Waals surface area (Å²) in [6.45, 7) is 1.32. The zero-order valence-electron chi connectivity index (χ0n) is 13.5. The maximum atomic E-state index is 11.3. The van der Waals surface area contributed by atoms with Crippen LogP contribution >= 0.6 is 0 Å². The molecule has 0 atom stereocenters. The Morgan fingerprint density at radius 1 is 1.28 bits per heavy atom. The summed E-state index contributed by atoms with van der Waals surface area (Å²) in [5.41, 5.74) is 2.85. The minimum absolute atomic E-state index is 0.118. The zero-order valence-corrected chi connectivity index (χ0v) is 13.5. The molecule has 0 fully saturated rings. The maximum Gasteiger partial charge on any atom is 0.293 e. The highest BCUT2D eigenvalue weighted by atomic mass is 16.6. The van der Waals surface area contributed by atoms with E-state index in [2.05, 4.69) is 10.3 Å². The molecule has 0 spiro atoms. The van der Waals surface area contributed by atoms with E-state index in [0.29, 0.717) is 6.42 Å². The second-order valence-electron chi connectivity index (χ2n) is 5.57. The Bertz CT molecular complexity index is 920. The number of imidazole rings is 1. The van der Waals surface area contributed by atoms with Crippen molar-refractivity contribution in [1.29, 1.82) is 0 Å². The molecule has 0 saturated carbocycles. The van der Waals surface area contributed by atoms with Crippen LogP contribution in [0, 0.1) is 10.1 Å². The van der Waals surface area contributed by atoms with Crippen LogP contribution in [0.2, 0.25) is 0 Å². The number of amides is 1. The standard InChI is InChI=1S/C18H16N4O3/c1-13(23)20-16-7-6-14(11-18(16)22(24)25)10-15-4-2-3-5-17(15)21-9-8-19-12-21/h2-9,11-12H,10H2,1H3,(H,20,23). The highest BCUT2D eigenvalue weighted by molar-refractivity contribution is 5.91. The van der Waals surface area contributed by atoms with E-state index in [1.807, 2.05) is 35.0 Å². The highest BCUT2D eigenvalue weighted by Gasteiger charge is 2.16. The van der Waals surface area contributed by atoms with Gasteiger partial charge in [-0.05, 0) is 29.7 Å². The van der Waals surface area contributed by atoms with Crippen LogP contribution in [0.4, 0.5) is 11.4 Å². The molecular formula is C18H16N4O3. The number of nitro benzene ring substituents is 1. The predicted octanol–water partition coefficient (Wildman–Crippen LogP) is 3.33. The van der Waals surface area contributed by atoms with Crippen molar-refractivity contribution in [2.24, 2.45) is 0 Å². The molecule has 7 nitrogen and oxygen atoms in total. The Labute approximate surface area is 144 Å². The first-order chi connectivity index (χ1) is 12.0. The van der Waals surface area contributed by atoms with Gasteiger partial charge in [-0.3, -0.25) is 14.9 Å². The summed E-state index contributed by atoms with van der Waals surface area (Å²) in [4.78, 5) is 26.1. The van der Waals surface area contributed by atoms with Crippen molar-refractivity contribution in [3.05, 3.63) is 82.4 Å². The normalized spacial score (nSPS) is 10.4. The lowest BCUT2D eigenvalue weighted by Crippen LogP contribution is -2.08. The van der Waals surface area contributed by atoms with E-state index in [4.69, 9.17) is 0 Å². The lowest BCUT2D eigenvalue weighted by atomic mass is 10.0. The average molecular weight is 336 g/mol. The van der Waals surface area contributed by atoms with Crippen LogP contribution < -0.4 is 5.32 Å². The van der Waals surface area contributed by atoms with Crippen LogP contribution in [0.15, 0.2) is 61.2 Å². The highest BCUT2D eigenvalue weighted by Crippen LogP contribution is 2.27. The van der Waals surface area contributed by atoms with Gasteiger partial charge in [0, 0.05) is 31.1 Å². The molecular weight excluding hydrogens is 320 g/mol. The smallest absolute Gasteiger partial charge is 0.293 e. The van der Waals surface area contributed by atoms with Gasteiger partial charge in [0.15, 0.2) is 0 Å². The van der Waals surface area contributed by atoms with Gasteiger partial charge in [-0.2, -0.15) is 0 Å². The number of hydrogen-bond acceptors (Lipinski definition) is 4. The van der Waals surface area contributed by atoms with E-state index in [9.17, 15) is 14.9 Å². The monoisotopic (exact) mass is 336 g/mol. The number of carbonyl (C=O) groups is 1. The van der Waals surface area contributed by atoms with E-state index in [0.717, 1.165) is 16.8 Å². The van der Waals surface area contributed by atoms with Gasteiger partial charge in [0.1, 0.15) is 5.69 Å². The molecule has 0 aliphatic heterocycles. The van der Waals surface area contributed by atoms with E-state index >= 15 is 0 Å². The van der Waals surface area contributed by atoms with Gasteiger partial charge in [-0.25, -0.2) is 4.98 Å². The molecule has 1 aromatic heterocycles. The molecule has 126 valence electrons. The van der Waals surface area contributed by atoms with Gasteiger partial charge >= 0.3 is 0 Å². The van der Waals surface area contributed by atoms with Crippen molar-refractivity contribution in [2.45, 2.75) is 13.3 Å². The second-order valence-corrected chi connectivity index (χ2v) is 5.57. The van der Waals surface area contributed by atoms with E-state index < -0.39 is 4.92 Å². The van der Waals surface area contributed by atoms with Gasteiger partial charge in [0.2, 0.25) is 5.91 Å². The molecule has 1 heterocycles. The molecule has 1 amide bonds. The second kappa shape index (κ2) is 6.96. The predicted molar refractivity (Wildman–Crippen MR) is 93.8 cm³/mol. The SMILES string of the molecule is CC(=O)Nc1ccc(Cc2ccccc2-n2ccnc2)cc1[N+](=O)[O-]. The van der Waals surface area contributed by atoms with Crippen molar-refractivity contribution in [3.63, 3.8) is 0 Å². The number of benzene rings is 2. The van der Waals surface area contributed by atoms with Crippen molar-refractivity contribution in [2.75, 3.05) is 5.32 Å². The third-order valence-electron chi connectivity index (χ3n) is 3.74. The summed E-state index contributed by atoms with van der Waals surface area (Å²) in [5.74, 6) is -0.346. The van der Waals surface area contributed by atoms with Crippen LogP contribution in [-0.2, 0) is 11.2 Å². The van der Waals surface area contributed by atoms with E-state index in [1.54, 1.807) is 24.7 Å². The number of aromatic nitrogens is 2. The topological polar surface area (TPSA) is 90.1 Å². The molecule has 0 aliphatic carbocycles. The first-order valence-corrected chi connectivity index (χ1v) is 7.66. The van der Waals surface area contributed by atoms with Crippen LogP contribution in [0.1, 0.15) is 18.1 Å². The third-order valence-corrected chi connectivity index (χ3v) is 3.74. The van der Waals surface area contributed by atoms with Crippen molar-refractivity contribution < 1.29 is 9.72 Å². The molecule has 25 heavy (non-hydrogen) atoms. The third kappa shape index (κ3) is 3.72. The van der Waals surface area contributed by atoms with Gasteiger partial charge in [-0.1, -0.05) is 24.3 Å². The molecule has 0 aliphatic rings. The molecule has 7 heteroatoms. The molecule has 3 rings (SSSR count). The fourth-order valence-corrected chi connectivity index (χ4v) is 2.67. The molecule has 0 radical (unpaired) electrons. The fourth-order valence-electron chi connectivity index (χ4n) is 2.67. The van der Waals surface area contributed by atoms with E-state index in [1.165, 1.54) is 13.0 Å². The van der Waals surface area contributed by atoms with Crippen molar-refractivity contribution >= 4 is 17.3 Å². The summed E-state index contributed by atoms with van der Waals surface area (Å²) in [6, 6.07) is 12.6. The van der Waals surface area contributed by atoms with Crippen LogP contribution in [0.5, 0.6) is 0 Å². The van der Waals surface area contributed by atoms with E-state index in [-0.39, 0.29) is 17.3 Å². The molecule has 0 bridgehead atoms. The summed E-state index contributed by atoms with van der Waals surface area (Å²) >= 11 is 0. The number of nitrogens with zero attached hydrogens (tertiary/aromatic N) is 3. The van der Waals surface area contributed by atoms with Gasteiger partial charge < -0.3 is 9.88 Å². The number of nitro groups is 1. The number of para-hydroxylation sites is 1. The molecule has 0 unspecified atom stereocenters. The Balaban J connectivity index is 1.95. The average Bonchev–Trinajstić information content (AvgIpc) is 3.10. The minimum atomic E-state index is -0.490. The van der Waals surface area contributed by atoms with Gasteiger partial charge in [-0.15, -0.1) is 0 Å². The van der Waals surface area contributed by atoms with Crippen LogP contribution in [0.25, 0.3) is 5.69 Å². The number of carbonyl (C=O) groups excluding carboxylic acids is 1. The first-order valence-electron chi connectivity index (χ1n) is 7.66. The molecule has 1 N–H and O–H groups in total. The lowest BCUT2D eigenvalue weighted by Gasteiger charge is -2.11. The summed E-state index contributed by atoms with van der Waals surface area (Å²) < 4.78 is 1.90. The summed E-state index contributed by atoms with van der Waals surface area (Å²) in [7, 11) is 0. The molecule has 3 aromatic rings. The Kier molecular flexibility index (Phi) is 4.56. The number of hydrogen-bond donors (Lipinski definition) is 1. The molecule has 0 saturated heterocycles. The Morgan fingerprint density at radius 2 is 2.08 bits per heavy atom. The summed E-state index contributed by atoms with van der Waals surface area (Å²) in [5, 5.41) is 13.8. The minimum Gasteiger partial charge on any atom is -0.321 e. The molecule has 2 aromatic carbocycles. The Morgan fingerprint density at radius 3 is 2.76 bits per heavy atom. The largest absolute Gasteiger partial charge is 0.321 e.